The van der Waals surface area contributed by atoms with E-state index in [1.54, 1.807) is 4.90 Å². The fraction of sp³-hybridized carbons (Fsp3) is 0.800. The first-order chi connectivity index (χ1) is 10.3. The number of amides is 1. The molecule has 0 spiro atoms. The molecule has 2 heterocycles. The van der Waals surface area contributed by atoms with E-state index in [1.807, 2.05) is 20.8 Å². The van der Waals surface area contributed by atoms with Gasteiger partial charge in [0, 0.05) is 25.0 Å². The van der Waals surface area contributed by atoms with E-state index in [-0.39, 0.29) is 18.1 Å². The normalized spacial score (nSPS) is 26.1. The Morgan fingerprint density at radius 1 is 1.36 bits per heavy atom. The van der Waals surface area contributed by atoms with Gasteiger partial charge in [-0.3, -0.25) is 0 Å². The van der Waals surface area contributed by atoms with Crippen LogP contribution < -0.4 is 5.73 Å². The predicted octanol–water partition coefficient (Wildman–Crippen LogP) is 2.00. The van der Waals surface area contributed by atoms with Crippen LogP contribution in [0, 0.1) is 0 Å². The average molecular weight is 308 g/mol. The highest BCUT2D eigenvalue weighted by molar-refractivity contribution is 5.68. The van der Waals surface area contributed by atoms with Crippen LogP contribution in [-0.2, 0) is 4.74 Å². The lowest BCUT2D eigenvalue weighted by Gasteiger charge is -2.35. The van der Waals surface area contributed by atoms with E-state index < -0.39 is 5.60 Å². The molecule has 0 radical (unpaired) electrons. The maximum absolute atomic E-state index is 12.2. The van der Waals surface area contributed by atoms with Crippen LogP contribution >= 0.6 is 0 Å². The molecule has 1 aliphatic carbocycles. The Hall–Kier alpha value is -1.63. The number of nitrogens with zero attached hydrogens (tertiary/aromatic N) is 3. The van der Waals surface area contributed by atoms with Crippen molar-refractivity contribution in [3.05, 3.63) is 11.7 Å². The van der Waals surface area contributed by atoms with Crippen molar-refractivity contribution < 1.29 is 14.1 Å². The van der Waals surface area contributed by atoms with Gasteiger partial charge in [0.15, 0.2) is 5.82 Å². The first-order valence-corrected chi connectivity index (χ1v) is 7.90. The van der Waals surface area contributed by atoms with Crippen LogP contribution in [0.4, 0.5) is 4.79 Å². The maximum Gasteiger partial charge on any atom is 0.410 e. The van der Waals surface area contributed by atoms with Gasteiger partial charge in [-0.25, -0.2) is 4.79 Å². The summed E-state index contributed by atoms with van der Waals surface area (Å²) < 4.78 is 10.8. The molecule has 1 aliphatic heterocycles. The lowest BCUT2D eigenvalue weighted by atomic mass is 9.93. The molecule has 0 bridgehead atoms. The van der Waals surface area contributed by atoms with Crippen LogP contribution in [0.2, 0.25) is 0 Å². The van der Waals surface area contributed by atoms with E-state index in [1.165, 1.54) is 0 Å². The quantitative estimate of drug-likeness (QED) is 0.898. The number of hydrogen-bond acceptors (Lipinski definition) is 6. The Kier molecular flexibility index (Phi) is 3.84. The van der Waals surface area contributed by atoms with Gasteiger partial charge < -0.3 is 19.9 Å². The van der Waals surface area contributed by atoms with Crippen molar-refractivity contribution in [2.24, 2.45) is 5.73 Å². The molecule has 1 saturated carbocycles. The fourth-order valence-electron chi connectivity index (χ4n) is 2.63. The zero-order valence-electron chi connectivity index (χ0n) is 13.4. The minimum atomic E-state index is -0.504. The second-order valence-electron chi connectivity index (χ2n) is 7.25. The Morgan fingerprint density at radius 3 is 2.73 bits per heavy atom. The van der Waals surface area contributed by atoms with Crippen LogP contribution in [0.25, 0.3) is 0 Å². The summed E-state index contributed by atoms with van der Waals surface area (Å²) in [4.78, 5) is 18.4. The van der Waals surface area contributed by atoms with Gasteiger partial charge >= 0.3 is 6.09 Å². The second kappa shape index (κ2) is 5.53. The number of rotatable bonds is 2. The van der Waals surface area contributed by atoms with Gasteiger partial charge in [-0.05, 0) is 40.0 Å². The molecule has 0 unspecified atom stereocenters. The minimum absolute atomic E-state index is 0.0776. The molecule has 1 saturated heterocycles. The van der Waals surface area contributed by atoms with Crippen LogP contribution in [0.5, 0.6) is 0 Å². The molecule has 1 aromatic rings. The molecule has 2 atom stereocenters. The number of likely N-dealkylation sites (tertiary alicyclic amines) is 1. The lowest BCUT2D eigenvalue weighted by Crippen LogP contribution is -2.49. The lowest BCUT2D eigenvalue weighted by molar-refractivity contribution is 0.0175. The fourth-order valence-corrected chi connectivity index (χ4v) is 2.63. The Morgan fingerprint density at radius 2 is 2.09 bits per heavy atom. The third-order valence-corrected chi connectivity index (χ3v) is 4.04. The zero-order valence-corrected chi connectivity index (χ0v) is 13.4. The second-order valence-corrected chi connectivity index (χ2v) is 7.25. The van der Waals surface area contributed by atoms with Crippen molar-refractivity contribution in [2.75, 3.05) is 13.1 Å². The van der Waals surface area contributed by atoms with Gasteiger partial charge in [-0.15, -0.1) is 0 Å². The first kappa shape index (κ1) is 15.3. The Bertz CT molecular complexity index is 547. The molecule has 7 heteroatoms. The van der Waals surface area contributed by atoms with Crippen LogP contribution in [0.1, 0.15) is 63.6 Å². The number of aromatic nitrogens is 2. The van der Waals surface area contributed by atoms with Gasteiger partial charge in [-0.2, -0.15) is 4.98 Å². The molecular weight excluding hydrogens is 284 g/mol. The van der Waals surface area contributed by atoms with Gasteiger partial charge in [0.25, 0.3) is 0 Å². The van der Waals surface area contributed by atoms with E-state index in [0.29, 0.717) is 31.3 Å². The zero-order chi connectivity index (χ0) is 15.9. The average Bonchev–Trinajstić information content (AvgIpc) is 3.16. The molecule has 3 rings (SSSR count). The number of nitrogens with two attached hydrogens (primary N) is 1. The third kappa shape index (κ3) is 3.40. The van der Waals surface area contributed by atoms with Gasteiger partial charge in [0.2, 0.25) is 5.89 Å². The largest absolute Gasteiger partial charge is 0.444 e. The van der Waals surface area contributed by atoms with Crippen LogP contribution in [0.15, 0.2) is 4.52 Å². The molecule has 122 valence electrons. The van der Waals surface area contributed by atoms with Gasteiger partial charge in [0.1, 0.15) is 5.60 Å². The molecule has 7 nitrogen and oxygen atoms in total. The van der Waals surface area contributed by atoms with Crippen molar-refractivity contribution in [3.8, 4) is 0 Å². The molecule has 1 amide bonds. The van der Waals surface area contributed by atoms with Crippen molar-refractivity contribution in [1.82, 2.24) is 15.0 Å². The predicted molar refractivity (Wildman–Crippen MR) is 79.4 cm³/mol. The Labute approximate surface area is 130 Å². The number of hydrogen-bond donors (Lipinski definition) is 1. The van der Waals surface area contributed by atoms with Crippen LogP contribution in [-0.4, -0.2) is 45.9 Å². The summed E-state index contributed by atoms with van der Waals surface area (Å²) in [6, 6.07) is -0.0776. The Balaban J connectivity index is 1.68. The van der Waals surface area contributed by atoms with E-state index >= 15 is 0 Å². The summed E-state index contributed by atoms with van der Waals surface area (Å²) in [5.74, 6) is 1.64. The molecule has 0 aromatic carbocycles. The highest BCUT2D eigenvalue weighted by atomic mass is 16.6. The van der Waals surface area contributed by atoms with Gasteiger partial charge in [0.05, 0.1) is 5.92 Å². The summed E-state index contributed by atoms with van der Waals surface area (Å²) in [7, 11) is 0. The molecule has 1 aromatic heterocycles. The van der Waals surface area contributed by atoms with Crippen molar-refractivity contribution in [2.45, 2.75) is 63.5 Å². The number of ether oxygens (including phenoxy) is 1. The van der Waals surface area contributed by atoms with E-state index in [0.717, 1.165) is 18.7 Å². The summed E-state index contributed by atoms with van der Waals surface area (Å²) in [5, 5.41) is 4.04. The van der Waals surface area contributed by atoms with E-state index in [2.05, 4.69) is 10.1 Å². The summed E-state index contributed by atoms with van der Waals surface area (Å²) in [6.07, 6.45) is 2.64. The van der Waals surface area contributed by atoms with E-state index in [9.17, 15) is 4.79 Å². The summed E-state index contributed by atoms with van der Waals surface area (Å²) >= 11 is 0. The standard InChI is InChI=1S/C15H24N4O3/c1-15(2,3)21-14(20)19-7-6-11(16)10(8-19)13-17-12(18-22-13)9-4-5-9/h9-11H,4-8,16H2,1-3H3/t10-,11-/m1/s1. The van der Waals surface area contributed by atoms with E-state index in [4.69, 9.17) is 15.0 Å². The highest BCUT2D eigenvalue weighted by Gasteiger charge is 2.37. The first-order valence-electron chi connectivity index (χ1n) is 7.90. The SMILES string of the molecule is CC(C)(C)OC(=O)N1CC[C@@H](N)[C@H](c2nc(C3CC3)no2)C1. The monoisotopic (exact) mass is 308 g/mol. The maximum atomic E-state index is 12.2. The number of carbonyl (C=O) groups is 1. The van der Waals surface area contributed by atoms with Crippen molar-refractivity contribution in [3.63, 3.8) is 0 Å². The summed E-state index contributed by atoms with van der Waals surface area (Å²) in [5.41, 5.74) is 5.69. The topological polar surface area (TPSA) is 94.5 Å². The molecule has 22 heavy (non-hydrogen) atoms. The third-order valence-electron chi connectivity index (χ3n) is 4.04. The number of carbonyl (C=O) groups excluding carboxylic acids is 1. The van der Waals surface area contributed by atoms with Gasteiger partial charge in [-0.1, -0.05) is 5.16 Å². The molecular formula is C15H24N4O3. The number of piperidine rings is 1. The molecule has 2 aliphatic rings. The smallest absolute Gasteiger partial charge is 0.410 e. The molecule has 2 N–H and O–H groups in total. The highest BCUT2D eigenvalue weighted by Crippen LogP contribution is 2.39. The van der Waals surface area contributed by atoms with Crippen molar-refractivity contribution >= 4 is 6.09 Å². The minimum Gasteiger partial charge on any atom is -0.444 e. The molecule has 2 fully saturated rings. The summed E-state index contributed by atoms with van der Waals surface area (Å²) in [6.45, 7) is 6.63. The van der Waals surface area contributed by atoms with Crippen molar-refractivity contribution in [1.29, 1.82) is 0 Å². The van der Waals surface area contributed by atoms with Crippen LogP contribution in [0.3, 0.4) is 0 Å².